The fourth-order valence-electron chi connectivity index (χ4n) is 2.57. The van der Waals surface area contributed by atoms with Gasteiger partial charge in [0.1, 0.15) is 0 Å². The zero-order chi connectivity index (χ0) is 22.6. The first-order chi connectivity index (χ1) is 12.3. The van der Waals surface area contributed by atoms with Crippen molar-refractivity contribution in [3.63, 3.8) is 0 Å². The molecule has 0 aromatic rings. The molecule has 0 aromatic carbocycles. The van der Waals surface area contributed by atoms with Crippen molar-refractivity contribution in [3.05, 3.63) is 0 Å². The predicted molar refractivity (Wildman–Crippen MR) is 70.4 cm³/mol. The summed E-state index contributed by atoms with van der Waals surface area (Å²) in [6.45, 7) is 2.39. The lowest BCUT2D eigenvalue weighted by Gasteiger charge is -2.55. The van der Waals surface area contributed by atoms with E-state index in [4.69, 9.17) is 0 Å². The van der Waals surface area contributed by atoms with Crippen LogP contribution in [0.25, 0.3) is 0 Å². The maximum Gasteiger partial charge on any atom is 0.462 e. The van der Waals surface area contributed by atoms with Crippen LogP contribution in [-0.2, 0) is 14.3 Å². The van der Waals surface area contributed by atoms with Crippen molar-refractivity contribution in [3.8, 4) is 0 Å². The number of carbonyl (C=O) groups excluding carboxylic acids is 1. The minimum absolute atomic E-state index is 0.282. The molecule has 1 heterocycles. The van der Waals surface area contributed by atoms with Crippen molar-refractivity contribution >= 4 is 5.97 Å². The van der Waals surface area contributed by atoms with E-state index in [1.165, 1.54) is 6.92 Å². The molecule has 0 amide bonds. The third-order valence-electron chi connectivity index (χ3n) is 4.57. The number of rotatable bonds is 4. The summed E-state index contributed by atoms with van der Waals surface area (Å²) < 4.78 is 144. The maximum atomic E-state index is 14.3. The van der Waals surface area contributed by atoms with Gasteiger partial charge in [0.05, 0.1) is 5.92 Å². The normalized spacial score (nSPS) is 34.0. The Hall–Kier alpha value is -1.31. The lowest BCUT2D eigenvalue weighted by Crippen LogP contribution is -2.83. The van der Waals surface area contributed by atoms with Crippen LogP contribution in [-0.4, -0.2) is 52.8 Å². The predicted octanol–water partition coefficient (Wildman–Crippen LogP) is 4.21. The van der Waals surface area contributed by atoms with Gasteiger partial charge in [-0.2, -0.15) is 43.9 Å². The summed E-state index contributed by atoms with van der Waals surface area (Å²) in [5.74, 6) is -21.5. The highest BCUT2D eigenvalue weighted by Gasteiger charge is 2.91. The van der Waals surface area contributed by atoms with Crippen LogP contribution in [0.3, 0.4) is 0 Å². The van der Waals surface area contributed by atoms with E-state index < -0.39 is 60.0 Å². The SMILES string of the molecule is CCC(C)C(=O)OC1(C(F)(F)F)OC(CC)(C(F)(F)F)C(F)(F)C(O)C1(F)F. The van der Waals surface area contributed by atoms with Gasteiger partial charge in [0, 0.05) is 0 Å². The monoisotopic (exact) mass is 438 g/mol. The van der Waals surface area contributed by atoms with E-state index in [0.717, 1.165) is 6.92 Å². The summed E-state index contributed by atoms with van der Waals surface area (Å²) >= 11 is 0. The molecule has 1 rings (SSSR count). The summed E-state index contributed by atoms with van der Waals surface area (Å²) in [6, 6.07) is 0. The van der Waals surface area contributed by atoms with Gasteiger partial charge in [0.2, 0.25) is 5.60 Å². The first kappa shape index (κ1) is 24.7. The fourth-order valence-corrected chi connectivity index (χ4v) is 2.57. The largest absolute Gasteiger partial charge is 0.462 e. The van der Waals surface area contributed by atoms with Crippen LogP contribution in [0.4, 0.5) is 43.9 Å². The number of halogens is 10. The van der Waals surface area contributed by atoms with Crippen LogP contribution >= 0.6 is 0 Å². The molecule has 0 bridgehead atoms. The zero-order valence-electron chi connectivity index (χ0n) is 14.5. The molecule has 0 saturated carbocycles. The van der Waals surface area contributed by atoms with E-state index in [1.807, 2.05) is 0 Å². The molecule has 0 spiro atoms. The molecule has 0 aromatic heterocycles. The van der Waals surface area contributed by atoms with Crippen molar-refractivity contribution in [2.24, 2.45) is 5.92 Å². The van der Waals surface area contributed by atoms with Crippen molar-refractivity contribution < 1.29 is 63.3 Å². The summed E-state index contributed by atoms with van der Waals surface area (Å²) in [7, 11) is 0. The Kier molecular flexibility index (Phi) is 6.08. The average molecular weight is 438 g/mol. The van der Waals surface area contributed by atoms with Gasteiger partial charge >= 0.3 is 36.0 Å². The van der Waals surface area contributed by atoms with Gasteiger partial charge in [-0.1, -0.05) is 20.8 Å². The minimum atomic E-state index is -6.62. The topological polar surface area (TPSA) is 55.8 Å². The second kappa shape index (κ2) is 6.89. The van der Waals surface area contributed by atoms with Crippen LogP contribution in [0.5, 0.6) is 0 Å². The first-order valence-electron chi connectivity index (χ1n) is 7.79. The molecule has 0 radical (unpaired) electrons. The number of alkyl halides is 10. The van der Waals surface area contributed by atoms with Crippen LogP contribution in [0.15, 0.2) is 0 Å². The molecular weight excluding hydrogens is 422 g/mol. The lowest BCUT2D eigenvalue weighted by atomic mass is 9.79. The molecule has 1 aliphatic heterocycles. The van der Waals surface area contributed by atoms with Gasteiger partial charge in [0.25, 0.3) is 0 Å². The second-order valence-electron chi connectivity index (χ2n) is 6.27. The Bertz CT molecular complexity index is 602. The van der Waals surface area contributed by atoms with Crippen molar-refractivity contribution in [1.82, 2.24) is 0 Å². The maximum absolute atomic E-state index is 14.3. The summed E-state index contributed by atoms with van der Waals surface area (Å²) in [5, 5.41) is 9.23. The molecule has 0 aliphatic carbocycles. The Balaban J connectivity index is 3.86. The van der Waals surface area contributed by atoms with Crippen LogP contribution < -0.4 is 0 Å². The molecule has 1 saturated heterocycles. The first-order valence-corrected chi connectivity index (χ1v) is 7.79. The molecule has 4 nitrogen and oxygen atoms in total. The van der Waals surface area contributed by atoms with Gasteiger partial charge in [0.15, 0.2) is 6.10 Å². The molecule has 1 fully saturated rings. The third-order valence-corrected chi connectivity index (χ3v) is 4.57. The standard InChI is InChI=1S/C14H16F10O4/c1-4-6(3)7(25)27-12(14(22,23)24)11(17,18)8(26)10(15,16)9(5-2,28-12)13(19,20)21/h6,8,26H,4-5H2,1-3H3. The number of aliphatic hydroxyl groups is 1. The van der Waals surface area contributed by atoms with E-state index in [0.29, 0.717) is 0 Å². The number of carbonyl (C=O) groups is 1. The van der Waals surface area contributed by atoms with Crippen molar-refractivity contribution in [2.45, 2.75) is 75.3 Å². The van der Waals surface area contributed by atoms with E-state index in [1.54, 1.807) is 0 Å². The quantitative estimate of drug-likeness (QED) is 0.528. The number of ether oxygens (including phenoxy) is 2. The van der Waals surface area contributed by atoms with E-state index in [-0.39, 0.29) is 13.3 Å². The molecule has 28 heavy (non-hydrogen) atoms. The molecular formula is C14H16F10O4. The third kappa shape index (κ3) is 3.12. The van der Waals surface area contributed by atoms with Crippen molar-refractivity contribution in [2.75, 3.05) is 0 Å². The van der Waals surface area contributed by atoms with Gasteiger partial charge in [-0.05, 0) is 12.8 Å². The highest BCUT2D eigenvalue weighted by molar-refractivity contribution is 5.72. The highest BCUT2D eigenvalue weighted by atomic mass is 19.4. The van der Waals surface area contributed by atoms with Gasteiger partial charge in [-0.3, -0.25) is 4.79 Å². The summed E-state index contributed by atoms with van der Waals surface area (Å²) in [4.78, 5) is 11.7. The Labute approximate surface area is 151 Å². The summed E-state index contributed by atoms with van der Waals surface area (Å²) in [5.41, 5.74) is -5.22. The van der Waals surface area contributed by atoms with E-state index in [9.17, 15) is 53.8 Å². The number of hydrogen-bond acceptors (Lipinski definition) is 4. The second-order valence-corrected chi connectivity index (χ2v) is 6.27. The molecule has 4 atom stereocenters. The van der Waals surface area contributed by atoms with Crippen LogP contribution in [0, 0.1) is 5.92 Å². The number of esters is 1. The minimum Gasteiger partial charge on any atom is -0.418 e. The smallest absolute Gasteiger partial charge is 0.418 e. The Morgan fingerprint density at radius 1 is 1.04 bits per heavy atom. The average Bonchev–Trinajstić information content (AvgIpc) is 2.52. The molecule has 4 unspecified atom stereocenters. The number of hydrogen-bond donors (Lipinski definition) is 1. The van der Waals surface area contributed by atoms with Gasteiger partial charge in [-0.15, -0.1) is 0 Å². The molecule has 166 valence electrons. The fraction of sp³-hybridized carbons (Fsp3) is 0.929. The number of aliphatic hydroxyl groups excluding tert-OH is 1. The zero-order valence-corrected chi connectivity index (χ0v) is 14.5. The van der Waals surface area contributed by atoms with Gasteiger partial charge < -0.3 is 14.6 Å². The molecule has 14 heteroatoms. The van der Waals surface area contributed by atoms with Crippen LogP contribution in [0.2, 0.25) is 0 Å². The van der Waals surface area contributed by atoms with Gasteiger partial charge in [-0.25, -0.2) is 0 Å². The lowest BCUT2D eigenvalue weighted by molar-refractivity contribution is -0.539. The van der Waals surface area contributed by atoms with E-state index in [2.05, 4.69) is 9.47 Å². The van der Waals surface area contributed by atoms with E-state index >= 15 is 0 Å². The van der Waals surface area contributed by atoms with Crippen LogP contribution in [0.1, 0.15) is 33.6 Å². The summed E-state index contributed by atoms with van der Waals surface area (Å²) in [6.07, 6.45) is -20.1. The molecule has 1 aliphatic rings. The van der Waals surface area contributed by atoms with Crippen molar-refractivity contribution in [1.29, 1.82) is 0 Å². The molecule has 1 N–H and O–H groups in total. The Morgan fingerprint density at radius 3 is 1.82 bits per heavy atom. The highest BCUT2D eigenvalue weighted by Crippen LogP contribution is 2.63. The Morgan fingerprint density at radius 2 is 1.50 bits per heavy atom.